The van der Waals surface area contributed by atoms with Crippen LogP contribution < -0.4 is 14.2 Å². The molecule has 32 heavy (non-hydrogen) atoms. The quantitative estimate of drug-likeness (QED) is 0.297. The summed E-state index contributed by atoms with van der Waals surface area (Å²) in [5.74, 6) is 1.80. The Labute approximate surface area is 191 Å². The first-order chi connectivity index (χ1) is 15.7. The highest BCUT2D eigenvalue weighted by molar-refractivity contribution is 7.23. The fraction of sp³-hybridized carbons (Fsp3) is 0.107. The minimum Gasteiger partial charge on any atom is -0.492 e. The molecule has 4 rings (SSSR count). The SMILES string of the molecule is COc1c(OC)c(-c2ccccc2)c(C(=P)c2ccccc2)c(-c2ccccc2)c1OC. The van der Waals surface area contributed by atoms with Crippen LogP contribution in [0.2, 0.25) is 0 Å². The van der Waals surface area contributed by atoms with Crippen molar-refractivity contribution in [3.8, 4) is 39.5 Å². The van der Waals surface area contributed by atoms with Crippen LogP contribution in [0.4, 0.5) is 0 Å². The molecule has 0 fully saturated rings. The molecule has 4 aromatic carbocycles. The van der Waals surface area contributed by atoms with E-state index in [0.29, 0.717) is 17.2 Å². The predicted molar refractivity (Wildman–Crippen MR) is 135 cm³/mol. The fourth-order valence-corrected chi connectivity index (χ4v) is 4.43. The molecule has 0 saturated carbocycles. The van der Waals surface area contributed by atoms with Crippen LogP contribution in [0, 0.1) is 0 Å². The van der Waals surface area contributed by atoms with E-state index in [1.165, 1.54) is 0 Å². The topological polar surface area (TPSA) is 27.7 Å². The lowest BCUT2D eigenvalue weighted by Crippen LogP contribution is -2.09. The van der Waals surface area contributed by atoms with Crippen LogP contribution in [-0.4, -0.2) is 26.6 Å². The van der Waals surface area contributed by atoms with Crippen molar-refractivity contribution in [3.63, 3.8) is 0 Å². The summed E-state index contributed by atoms with van der Waals surface area (Å²) in [5, 5.41) is 0.933. The highest BCUT2D eigenvalue weighted by atomic mass is 31.0. The van der Waals surface area contributed by atoms with Crippen molar-refractivity contribution in [1.82, 2.24) is 0 Å². The van der Waals surface area contributed by atoms with E-state index in [1.807, 2.05) is 54.6 Å². The van der Waals surface area contributed by atoms with Gasteiger partial charge in [-0.2, -0.15) is 0 Å². The molecule has 4 heteroatoms. The van der Waals surface area contributed by atoms with E-state index in [2.05, 4.69) is 45.3 Å². The molecule has 0 unspecified atom stereocenters. The van der Waals surface area contributed by atoms with Gasteiger partial charge in [-0.25, -0.2) is 0 Å². The van der Waals surface area contributed by atoms with E-state index in [-0.39, 0.29) is 0 Å². The van der Waals surface area contributed by atoms with Crippen molar-refractivity contribution < 1.29 is 14.2 Å². The van der Waals surface area contributed by atoms with Crippen molar-refractivity contribution in [1.29, 1.82) is 0 Å². The second-order valence-electron chi connectivity index (χ2n) is 7.20. The predicted octanol–water partition coefficient (Wildman–Crippen LogP) is 6.76. The third kappa shape index (κ3) is 3.88. The summed E-state index contributed by atoms with van der Waals surface area (Å²) in [6.07, 6.45) is 0. The summed E-state index contributed by atoms with van der Waals surface area (Å²) in [7, 11) is 8.95. The van der Waals surface area contributed by atoms with Crippen LogP contribution in [0.1, 0.15) is 11.1 Å². The maximum Gasteiger partial charge on any atom is 0.204 e. The van der Waals surface area contributed by atoms with Gasteiger partial charge in [0, 0.05) is 22.0 Å². The first kappa shape index (κ1) is 21.7. The van der Waals surface area contributed by atoms with Crippen LogP contribution >= 0.6 is 8.86 Å². The molecule has 160 valence electrons. The van der Waals surface area contributed by atoms with Crippen molar-refractivity contribution >= 4 is 14.2 Å². The summed E-state index contributed by atoms with van der Waals surface area (Å²) >= 11 is 0. The third-order valence-corrected chi connectivity index (χ3v) is 5.96. The molecule has 0 spiro atoms. The van der Waals surface area contributed by atoms with Crippen molar-refractivity contribution in [2.24, 2.45) is 0 Å². The molecule has 0 N–H and O–H groups in total. The molecule has 0 aliphatic rings. The van der Waals surface area contributed by atoms with Gasteiger partial charge in [0.15, 0.2) is 11.5 Å². The molecular weight excluding hydrogens is 415 g/mol. The molecule has 0 radical (unpaired) electrons. The Morgan fingerprint density at radius 1 is 0.531 bits per heavy atom. The Morgan fingerprint density at radius 2 is 0.906 bits per heavy atom. The summed E-state index contributed by atoms with van der Waals surface area (Å²) in [6.45, 7) is 0. The Balaban J connectivity index is 2.21. The number of rotatable bonds is 7. The Hall–Kier alpha value is -3.55. The molecule has 0 bridgehead atoms. The molecule has 0 saturated heterocycles. The second-order valence-corrected chi connectivity index (χ2v) is 7.70. The molecule has 0 amide bonds. The smallest absolute Gasteiger partial charge is 0.204 e. The van der Waals surface area contributed by atoms with Gasteiger partial charge in [0.25, 0.3) is 0 Å². The normalized spacial score (nSPS) is 10.5. The van der Waals surface area contributed by atoms with Gasteiger partial charge in [-0.3, -0.25) is 0 Å². The zero-order valence-corrected chi connectivity index (χ0v) is 19.4. The average molecular weight is 440 g/mol. The highest BCUT2D eigenvalue weighted by Gasteiger charge is 2.29. The van der Waals surface area contributed by atoms with Gasteiger partial charge in [-0.15, -0.1) is 8.86 Å². The van der Waals surface area contributed by atoms with Gasteiger partial charge < -0.3 is 14.2 Å². The standard InChI is InChI=1S/C28H25O3P/c1-29-25-22(19-13-7-4-8-14-19)24(28(32)21-17-11-6-12-18-21)23(20-15-9-5-10-16-20)26(30-2)27(25)31-3/h4-18,32H,1-3H3. The van der Waals surface area contributed by atoms with Crippen molar-refractivity contribution in [2.45, 2.75) is 0 Å². The summed E-state index contributed by atoms with van der Waals surface area (Å²) in [4.78, 5) is 0. The largest absolute Gasteiger partial charge is 0.492 e. The van der Waals surface area contributed by atoms with Crippen LogP contribution in [0.25, 0.3) is 22.3 Å². The van der Waals surface area contributed by atoms with E-state index in [9.17, 15) is 0 Å². The van der Waals surface area contributed by atoms with Crippen LogP contribution in [0.15, 0.2) is 91.0 Å². The van der Waals surface area contributed by atoms with Crippen LogP contribution in [0.5, 0.6) is 17.2 Å². The molecule has 0 aliphatic heterocycles. The minimum atomic E-state index is 0.559. The van der Waals surface area contributed by atoms with Gasteiger partial charge in [-0.05, 0) is 16.7 Å². The maximum atomic E-state index is 5.94. The van der Waals surface area contributed by atoms with Gasteiger partial charge in [0.1, 0.15) is 0 Å². The molecule has 3 nitrogen and oxygen atoms in total. The van der Waals surface area contributed by atoms with Gasteiger partial charge in [-0.1, -0.05) is 91.0 Å². The monoisotopic (exact) mass is 440 g/mol. The molecule has 4 aromatic rings. The number of hydrogen-bond donors (Lipinski definition) is 0. The molecule has 0 aliphatic carbocycles. The molecule has 0 aromatic heterocycles. The van der Waals surface area contributed by atoms with Crippen molar-refractivity contribution in [2.75, 3.05) is 21.3 Å². The third-order valence-electron chi connectivity index (χ3n) is 5.42. The average Bonchev–Trinajstić information content (AvgIpc) is 2.87. The van der Waals surface area contributed by atoms with E-state index in [1.54, 1.807) is 21.3 Å². The van der Waals surface area contributed by atoms with Crippen LogP contribution in [-0.2, 0) is 0 Å². The lowest BCUT2D eigenvalue weighted by Gasteiger charge is -2.25. The maximum absolute atomic E-state index is 5.94. The van der Waals surface area contributed by atoms with Gasteiger partial charge >= 0.3 is 0 Å². The Bertz CT molecular complexity index is 1150. The minimum absolute atomic E-state index is 0.559. The molecule has 0 heterocycles. The Morgan fingerprint density at radius 3 is 1.28 bits per heavy atom. The molecular formula is C28H25O3P. The fourth-order valence-electron chi connectivity index (χ4n) is 4.02. The summed E-state index contributed by atoms with van der Waals surface area (Å²) in [5.41, 5.74) is 5.91. The number of hydrogen-bond acceptors (Lipinski definition) is 3. The summed E-state index contributed by atoms with van der Waals surface area (Å²) in [6, 6.07) is 30.6. The van der Waals surface area contributed by atoms with Crippen molar-refractivity contribution in [3.05, 3.63) is 102 Å². The number of methoxy groups -OCH3 is 3. The zero-order valence-electron chi connectivity index (χ0n) is 18.4. The molecule has 0 atom stereocenters. The second kappa shape index (κ2) is 9.72. The first-order valence-electron chi connectivity index (χ1n) is 10.3. The first-order valence-corrected chi connectivity index (χ1v) is 10.8. The van der Waals surface area contributed by atoms with Gasteiger partial charge in [0.05, 0.1) is 21.3 Å². The van der Waals surface area contributed by atoms with E-state index in [0.717, 1.165) is 38.7 Å². The zero-order chi connectivity index (χ0) is 22.5. The van der Waals surface area contributed by atoms with E-state index >= 15 is 0 Å². The van der Waals surface area contributed by atoms with E-state index in [4.69, 9.17) is 14.2 Å². The number of benzene rings is 4. The lowest BCUT2D eigenvalue weighted by atomic mass is 9.86. The van der Waals surface area contributed by atoms with Crippen LogP contribution in [0.3, 0.4) is 0 Å². The number of ether oxygens (including phenoxy) is 3. The lowest BCUT2D eigenvalue weighted by molar-refractivity contribution is 0.326. The Kier molecular flexibility index (Phi) is 6.58. The highest BCUT2D eigenvalue weighted by Crippen LogP contribution is 2.53. The van der Waals surface area contributed by atoms with Gasteiger partial charge in [0.2, 0.25) is 5.75 Å². The van der Waals surface area contributed by atoms with E-state index < -0.39 is 0 Å². The summed E-state index contributed by atoms with van der Waals surface area (Å²) < 4.78 is 17.7.